The minimum absolute atomic E-state index is 0.184. The van der Waals surface area contributed by atoms with Crippen LogP contribution in [0.4, 0.5) is 15.9 Å². The molecule has 1 fully saturated rings. The van der Waals surface area contributed by atoms with E-state index in [4.69, 9.17) is 4.74 Å². The van der Waals surface area contributed by atoms with Gasteiger partial charge in [0.1, 0.15) is 0 Å². The van der Waals surface area contributed by atoms with Crippen LogP contribution in [0.1, 0.15) is 10.5 Å². The van der Waals surface area contributed by atoms with Gasteiger partial charge in [0.25, 0.3) is 0 Å². The highest BCUT2D eigenvalue weighted by Crippen LogP contribution is 2.25. The Hall–Kier alpha value is -2.90. The molecule has 2 heterocycles. The van der Waals surface area contributed by atoms with Crippen molar-refractivity contribution >= 4 is 17.5 Å². The molecule has 7 nitrogen and oxygen atoms in total. The highest BCUT2D eigenvalue weighted by Gasteiger charge is 2.20. The number of piperazine rings is 1. The second kappa shape index (κ2) is 7.33. The normalized spacial score (nSPS) is 14.4. The van der Waals surface area contributed by atoms with Crippen molar-refractivity contribution in [2.45, 2.75) is 0 Å². The molecule has 1 saturated heterocycles. The van der Waals surface area contributed by atoms with E-state index in [1.807, 2.05) is 0 Å². The molecule has 0 aliphatic carbocycles. The highest BCUT2D eigenvalue weighted by atomic mass is 19.1. The zero-order valence-electron chi connectivity index (χ0n) is 14.1. The van der Waals surface area contributed by atoms with E-state index >= 15 is 0 Å². The number of ether oxygens (including phenoxy) is 2. The largest absolute Gasteiger partial charge is 0.494 e. The summed E-state index contributed by atoms with van der Waals surface area (Å²) in [6.45, 7) is 3.00. The lowest BCUT2D eigenvalue weighted by Crippen LogP contribution is -2.47. The van der Waals surface area contributed by atoms with Crippen molar-refractivity contribution in [2.75, 3.05) is 50.2 Å². The van der Waals surface area contributed by atoms with Gasteiger partial charge in [-0.2, -0.15) is 0 Å². The SMILES string of the molecule is COC(=O)c1ccc(N2CCN(c3ccc(F)c(OC)c3)CC2)nn1. The van der Waals surface area contributed by atoms with Gasteiger partial charge < -0.3 is 19.3 Å². The third-order valence-corrected chi connectivity index (χ3v) is 4.15. The molecule has 1 aromatic carbocycles. The predicted octanol–water partition coefficient (Wildman–Crippen LogP) is 1.74. The van der Waals surface area contributed by atoms with Crippen molar-refractivity contribution in [1.82, 2.24) is 10.2 Å². The average Bonchev–Trinajstić information content (AvgIpc) is 2.68. The number of nitrogens with zero attached hydrogens (tertiary/aromatic N) is 4. The van der Waals surface area contributed by atoms with Crippen molar-refractivity contribution in [1.29, 1.82) is 0 Å². The van der Waals surface area contributed by atoms with E-state index in [1.54, 1.807) is 24.3 Å². The van der Waals surface area contributed by atoms with Crippen LogP contribution in [-0.2, 0) is 4.74 Å². The molecule has 0 bridgehead atoms. The smallest absolute Gasteiger partial charge is 0.358 e. The number of methoxy groups -OCH3 is 2. The first-order chi connectivity index (χ1) is 12.1. The third-order valence-electron chi connectivity index (χ3n) is 4.15. The number of anilines is 2. The number of aromatic nitrogens is 2. The summed E-state index contributed by atoms with van der Waals surface area (Å²) >= 11 is 0. The first-order valence-corrected chi connectivity index (χ1v) is 7.88. The van der Waals surface area contributed by atoms with E-state index in [0.29, 0.717) is 5.82 Å². The topological polar surface area (TPSA) is 67.8 Å². The van der Waals surface area contributed by atoms with E-state index in [1.165, 1.54) is 20.3 Å². The molecule has 0 atom stereocenters. The standard InChI is InChI=1S/C17H19FN4O3/c1-24-15-11-12(3-4-13(15)18)21-7-9-22(10-8-21)16-6-5-14(19-20-16)17(23)25-2/h3-6,11H,7-10H2,1-2H3. The molecule has 0 spiro atoms. The summed E-state index contributed by atoms with van der Waals surface area (Å²) < 4.78 is 23.2. The number of rotatable bonds is 4. The molecule has 3 rings (SSSR count). The Bertz CT molecular complexity index is 746. The van der Waals surface area contributed by atoms with Crippen LogP contribution in [0.25, 0.3) is 0 Å². The fourth-order valence-corrected chi connectivity index (χ4v) is 2.75. The van der Waals surface area contributed by atoms with Gasteiger partial charge in [0.15, 0.2) is 23.1 Å². The van der Waals surface area contributed by atoms with Crippen LogP contribution in [0.3, 0.4) is 0 Å². The zero-order chi connectivity index (χ0) is 17.8. The van der Waals surface area contributed by atoms with Gasteiger partial charge in [-0.05, 0) is 24.3 Å². The number of hydrogen-bond donors (Lipinski definition) is 0. The van der Waals surface area contributed by atoms with Crippen LogP contribution in [0.5, 0.6) is 5.75 Å². The molecule has 0 radical (unpaired) electrons. The lowest BCUT2D eigenvalue weighted by atomic mass is 10.2. The number of halogens is 1. The van der Waals surface area contributed by atoms with Gasteiger partial charge in [0.2, 0.25) is 0 Å². The Labute approximate surface area is 145 Å². The summed E-state index contributed by atoms with van der Waals surface area (Å²) in [4.78, 5) is 15.6. The maximum Gasteiger partial charge on any atom is 0.358 e. The summed E-state index contributed by atoms with van der Waals surface area (Å²) in [7, 11) is 2.76. The average molecular weight is 346 g/mol. The fraction of sp³-hybridized carbons (Fsp3) is 0.353. The number of carbonyl (C=O) groups excluding carboxylic acids is 1. The Morgan fingerprint density at radius 3 is 2.36 bits per heavy atom. The number of benzene rings is 1. The lowest BCUT2D eigenvalue weighted by Gasteiger charge is -2.36. The van der Waals surface area contributed by atoms with Crippen LogP contribution >= 0.6 is 0 Å². The molecule has 8 heteroatoms. The van der Waals surface area contributed by atoms with Crippen molar-refractivity contribution in [3.05, 3.63) is 41.8 Å². The molecule has 1 aliphatic rings. The monoisotopic (exact) mass is 346 g/mol. The molecular formula is C17H19FN4O3. The maximum absolute atomic E-state index is 13.5. The van der Waals surface area contributed by atoms with Gasteiger partial charge in [0, 0.05) is 37.9 Å². The van der Waals surface area contributed by atoms with Crippen LogP contribution in [0, 0.1) is 5.82 Å². The highest BCUT2D eigenvalue weighted by molar-refractivity contribution is 5.87. The Balaban J connectivity index is 1.64. The van der Waals surface area contributed by atoms with E-state index in [2.05, 4.69) is 24.7 Å². The van der Waals surface area contributed by atoms with Crippen molar-refractivity contribution in [3.63, 3.8) is 0 Å². The summed E-state index contributed by atoms with van der Waals surface area (Å²) in [6, 6.07) is 8.23. The summed E-state index contributed by atoms with van der Waals surface area (Å²) in [6.07, 6.45) is 0. The molecule has 2 aromatic rings. The van der Waals surface area contributed by atoms with E-state index < -0.39 is 5.97 Å². The lowest BCUT2D eigenvalue weighted by molar-refractivity contribution is 0.0592. The summed E-state index contributed by atoms with van der Waals surface area (Å²) in [5.74, 6) is 0.0770. The fourth-order valence-electron chi connectivity index (χ4n) is 2.75. The second-order valence-corrected chi connectivity index (χ2v) is 5.56. The van der Waals surface area contributed by atoms with Crippen LogP contribution < -0.4 is 14.5 Å². The van der Waals surface area contributed by atoms with Gasteiger partial charge in [0.05, 0.1) is 14.2 Å². The quantitative estimate of drug-likeness (QED) is 0.781. The summed E-state index contributed by atoms with van der Waals surface area (Å²) in [5, 5.41) is 7.99. The first-order valence-electron chi connectivity index (χ1n) is 7.88. The summed E-state index contributed by atoms with van der Waals surface area (Å²) in [5.41, 5.74) is 1.10. The molecular weight excluding hydrogens is 327 g/mol. The van der Waals surface area contributed by atoms with Crippen molar-refractivity contribution in [2.24, 2.45) is 0 Å². The molecule has 1 aliphatic heterocycles. The Morgan fingerprint density at radius 1 is 1.04 bits per heavy atom. The minimum atomic E-state index is -0.505. The van der Waals surface area contributed by atoms with E-state index in [-0.39, 0.29) is 17.3 Å². The minimum Gasteiger partial charge on any atom is -0.494 e. The molecule has 25 heavy (non-hydrogen) atoms. The molecule has 132 valence electrons. The van der Waals surface area contributed by atoms with Crippen LogP contribution in [-0.4, -0.2) is 56.6 Å². The molecule has 0 unspecified atom stereocenters. The van der Waals surface area contributed by atoms with Crippen molar-refractivity contribution in [3.8, 4) is 5.75 Å². The predicted molar refractivity (Wildman–Crippen MR) is 90.7 cm³/mol. The maximum atomic E-state index is 13.5. The van der Waals surface area contributed by atoms with Gasteiger partial charge >= 0.3 is 5.97 Å². The molecule has 0 saturated carbocycles. The van der Waals surface area contributed by atoms with Crippen LogP contribution in [0.15, 0.2) is 30.3 Å². The van der Waals surface area contributed by atoms with Gasteiger partial charge in [-0.1, -0.05) is 0 Å². The number of esters is 1. The number of carbonyl (C=O) groups is 1. The van der Waals surface area contributed by atoms with Gasteiger partial charge in [-0.3, -0.25) is 0 Å². The van der Waals surface area contributed by atoms with E-state index in [0.717, 1.165) is 31.9 Å². The van der Waals surface area contributed by atoms with E-state index in [9.17, 15) is 9.18 Å². The van der Waals surface area contributed by atoms with Gasteiger partial charge in [-0.25, -0.2) is 9.18 Å². The first kappa shape index (κ1) is 16.9. The van der Waals surface area contributed by atoms with Gasteiger partial charge in [-0.15, -0.1) is 10.2 Å². The third kappa shape index (κ3) is 3.62. The second-order valence-electron chi connectivity index (χ2n) is 5.56. The Kier molecular flexibility index (Phi) is 4.97. The molecule has 0 amide bonds. The molecule has 1 aromatic heterocycles. The number of hydrogen-bond acceptors (Lipinski definition) is 7. The molecule has 0 N–H and O–H groups in total. The zero-order valence-corrected chi connectivity index (χ0v) is 14.1. The van der Waals surface area contributed by atoms with Crippen LogP contribution in [0.2, 0.25) is 0 Å². The van der Waals surface area contributed by atoms with Crippen molar-refractivity contribution < 1.29 is 18.7 Å². The Morgan fingerprint density at radius 2 is 1.76 bits per heavy atom.